The molecule has 1 fully saturated rings. The van der Waals surface area contributed by atoms with Gasteiger partial charge in [0.1, 0.15) is 0 Å². The molecular formula is C18H21NOS. The monoisotopic (exact) mass is 299 g/mol. The summed E-state index contributed by atoms with van der Waals surface area (Å²) in [4.78, 5) is 0. The molecule has 0 aliphatic heterocycles. The Kier molecular flexibility index (Phi) is 4.01. The third kappa shape index (κ3) is 2.47. The van der Waals surface area contributed by atoms with Crippen LogP contribution in [0.1, 0.15) is 50.7 Å². The highest BCUT2D eigenvalue weighted by Crippen LogP contribution is 2.49. The van der Waals surface area contributed by atoms with Gasteiger partial charge < -0.3 is 5.11 Å². The molecule has 3 rings (SSSR count). The molecule has 0 saturated heterocycles. The van der Waals surface area contributed by atoms with Gasteiger partial charge in [0.15, 0.2) is 0 Å². The standard InChI is InChI=1S/C18H21NOS/c1-2-13-7-9-18(12-19,10-8-13)17(20)15-11-21-16-6-4-3-5-14(15)16/h3-6,11,13,17,20H,2,7-10H2,1H3. The summed E-state index contributed by atoms with van der Waals surface area (Å²) in [5.41, 5.74) is 0.335. The van der Waals surface area contributed by atoms with Crippen molar-refractivity contribution in [2.45, 2.75) is 45.1 Å². The number of benzene rings is 1. The van der Waals surface area contributed by atoms with Gasteiger partial charge >= 0.3 is 0 Å². The van der Waals surface area contributed by atoms with Gasteiger partial charge in [-0.25, -0.2) is 0 Å². The molecule has 1 atom stereocenters. The van der Waals surface area contributed by atoms with Crippen molar-refractivity contribution in [3.8, 4) is 6.07 Å². The van der Waals surface area contributed by atoms with Crippen LogP contribution >= 0.6 is 11.3 Å². The first kappa shape index (κ1) is 14.6. The highest BCUT2D eigenvalue weighted by molar-refractivity contribution is 7.17. The molecule has 0 bridgehead atoms. The number of nitrogens with zero attached hydrogens (tertiary/aromatic N) is 1. The van der Waals surface area contributed by atoms with Gasteiger partial charge in [0.25, 0.3) is 0 Å². The Morgan fingerprint density at radius 3 is 2.76 bits per heavy atom. The van der Waals surface area contributed by atoms with Gasteiger partial charge in [0.05, 0.1) is 17.6 Å². The second-order valence-electron chi connectivity index (χ2n) is 6.21. The number of thiophene rings is 1. The van der Waals surface area contributed by atoms with Crippen molar-refractivity contribution in [2.75, 3.05) is 0 Å². The molecule has 110 valence electrons. The van der Waals surface area contributed by atoms with Crippen molar-refractivity contribution in [1.29, 1.82) is 5.26 Å². The van der Waals surface area contributed by atoms with E-state index in [2.05, 4.69) is 19.1 Å². The lowest BCUT2D eigenvalue weighted by Gasteiger charge is -2.38. The number of hydrogen-bond donors (Lipinski definition) is 1. The van der Waals surface area contributed by atoms with Crippen LogP contribution in [0.5, 0.6) is 0 Å². The number of aliphatic hydroxyl groups excluding tert-OH is 1. The maximum absolute atomic E-state index is 10.9. The van der Waals surface area contributed by atoms with E-state index in [-0.39, 0.29) is 0 Å². The van der Waals surface area contributed by atoms with Crippen LogP contribution in [0.25, 0.3) is 10.1 Å². The number of nitriles is 1. The van der Waals surface area contributed by atoms with E-state index in [0.29, 0.717) is 0 Å². The minimum absolute atomic E-state index is 0.602. The van der Waals surface area contributed by atoms with Crippen LogP contribution < -0.4 is 0 Å². The van der Waals surface area contributed by atoms with Crippen LogP contribution in [0.3, 0.4) is 0 Å². The average molecular weight is 299 g/mol. The van der Waals surface area contributed by atoms with E-state index < -0.39 is 11.5 Å². The third-order valence-corrected chi connectivity index (χ3v) is 6.11. The Morgan fingerprint density at radius 2 is 2.10 bits per heavy atom. The Bertz CT molecular complexity index is 661. The summed E-state index contributed by atoms with van der Waals surface area (Å²) in [6.45, 7) is 2.22. The van der Waals surface area contributed by atoms with Gasteiger partial charge in [-0.15, -0.1) is 11.3 Å². The maximum Gasteiger partial charge on any atom is 0.0990 e. The molecule has 1 aromatic heterocycles. The fourth-order valence-electron chi connectivity index (χ4n) is 3.56. The first-order chi connectivity index (χ1) is 10.2. The molecule has 3 heteroatoms. The van der Waals surface area contributed by atoms with E-state index in [4.69, 9.17) is 0 Å². The predicted octanol–water partition coefficient (Wildman–Crippen LogP) is 5.04. The lowest BCUT2D eigenvalue weighted by atomic mass is 9.66. The minimum atomic E-state index is -0.670. The first-order valence-electron chi connectivity index (χ1n) is 7.75. The zero-order chi connectivity index (χ0) is 14.9. The fourth-order valence-corrected chi connectivity index (χ4v) is 4.53. The molecule has 1 aromatic carbocycles. The summed E-state index contributed by atoms with van der Waals surface area (Å²) in [6, 6.07) is 10.6. The topological polar surface area (TPSA) is 44.0 Å². The smallest absolute Gasteiger partial charge is 0.0990 e. The van der Waals surface area contributed by atoms with Gasteiger partial charge in [-0.3, -0.25) is 0 Å². The van der Waals surface area contributed by atoms with Crippen LogP contribution in [0.2, 0.25) is 0 Å². The first-order valence-corrected chi connectivity index (χ1v) is 8.63. The Balaban J connectivity index is 1.93. The highest BCUT2D eigenvalue weighted by Gasteiger charge is 2.42. The summed E-state index contributed by atoms with van der Waals surface area (Å²) in [6.07, 6.45) is 4.25. The van der Waals surface area contributed by atoms with Gasteiger partial charge in [0, 0.05) is 10.3 Å². The second kappa shape index (κ2) is 5.79. The van der Waals surface area contributed by atoms with Gasteiger partial charge in [-0.1, -0.05) is 31.5 Å². The van der Waals surface area contributed by atoms with Crippen LogP contribution in [-0.4, -0.2) is 5.11 Å². The number of aliphatic hydroxyl groups is 1. The minimum Gasteiger partial charge on any atom is -0.387 e. The van der Waals surface area contributed by atoms with Gasteiger partial charge in [-0.05, 0) is 48.4 Å². The van der Waals surface area contributed by atoms with Crippen molar-refractivity contribution < 1.29 is 5.11 Å². The van der Waals surface area contributed by atoms with E-state index in [1.165, 1.54) is 11.1 Å². The van der Waals surface area contributed by atoms with Crippen molar-refractivity contribution in [1.82, 2.24) is 0 Å². The summed E-state index contributed by atoms with van der Waals surface area (Å²) in [7, 11) is 0. The summed E-state index contributed by atoms with van der Waals surface area (Å²) < 4.78 is 1.18. The van der Waals surface area contributed by atoms with Gasteiger partial charge in [0.2, 0.25) is 0 Å². The van der Waals surface area contributed by atoms with Crippen LogP contribution in [0, 0.1) is 22.7 Å². The molecule has 1 saturated carbocycles. The van der Waals surface area contributed by atoms with E-state index in [1.807, 2.05) is 23.6 Å². The zero-order valence-corrected chi connectivity index (χ0v) is 13.2. The molecule has 2 nitrogen and oxygen atoms in total. The molecule has 0 amide bonds. The van der Waals surface area contributed by atoms with E-state index in [1.54, 1.807) is 11.3 Å². The predicted molar refractivity (Wildman–Crippen MR) is 87.1 cm³/mol. The van der Waals surface area contributed by atoms with Crippen molar-refractivity contribution in [2.24, 2.45) is 11.3 Å². The maximum atomic E-state index is 10.9. The number of hydrogen-bond acceptors (Lipinski definition) is 3. The van der Waals surface area contributed by atoms with E-state index in [9.17, 15) is 10.4 Å². The molecule has 1 aliphatic rings. The van der Waals surface area contributed by atoms with E-state index >= 15 is 0 Å². The lowest BCUT2D eigenvalue weighted by molar-refractivity contribution is 0.0255. The molecule has 2 aromatic rings. The van der Waals surface area contributed by atoms with E-state index in [0.717, 1.165) is 42.6 Å². The molecule has 0 radical (unpaired) electrons. The van der Waals surface area contributed by atoms with Crippen LogP contribution in [-0.2, 0) is 0 Å². The van der Waals surface area contributed by atoms with Crippen LogP contribution in [0.4, 0.5) is 0 Å². The van der Waals surface area contributed by atoms with Crippen molar-refractivity contribution in [3.05, 3.63) is 35.2 Å². The normalized spacial score (nSPS) is 27.4. The third-order valence-electron chi connectivity index (χ3n) is 5.13. The Morgan fingerprint density at radius 1 is 1.38 bits per heavy atom. The zero-order valence-electron chi connectivity index (χ0n) is 12.4. The Labute approximate surface area is 130 Å². The van der Waals surface area contributed by atoms with Crippen molar-refractivity contribution in [3.63, 3.8) is 0 Å². The Hall–Kier alpha value is -1.37. The molecule has 21 heavy (non-hydrogen) atoms. The molecule has 0 spiro atoms. The van der Waals surface area contributed by atoms with Gasteiger partial charge in [-0.2, -0.15) is 5.26 Å². The molecule has 1 aliphatic carbocycles. The summed E-state index contributed by atoms with van der Waals surface area (Å²) >= 11 is 1.65. The number of rotatable bonds is 3. The summed E-state index contributed by atoms with van der Waals surface area (Å²) in [5.74, 6) is 0.720. The van der Waals surface area contributed by atoms with Crippen molar-refractivity contribution >= 4 is 21.4 Å². The highest BCUT2D eigenvalue weighted by atomic mass is 32.1. The average Bonchev–Trinajstić information content (AvgIpc) is 2.98. The molecular weight excluding hydrogens is 278 g/mol. The second-order valence-corrected chi connectivity index (χ2v) is 7.12. The quantitative estimate of drug-likeness (QED) is 0.862. The molecule has 1 heterocycles. The SMILES string of the molecule is CCC1CCC(C#N)(C(O)c2csc3ccccc23)CC1. The summed E-state index contributed by atoms with van der Waals surface area (Å²) in [5, 5.41) is 23.8. The largest absolute Gasteiger partial charge is 0.387 e. The number of fused-ring (bicyclic) bond motifs is 1. The fraction of sp³-hybridized carbons (Fsp3) is 0.500. The van der Waals surface area contributed by atoms with Crippen LogP contribution in [0.15, 0.2) is 29.6 Å². The molecule has 1 N–H and O–H groups in total. The lowest BCUT2D eigenvalue weighted by Crippen LogP contribution is -2.32. The molecule has 1 unspecified atom stereocenters.